The first-order valence-corrected chi connectivity index (χ1v) is 12.0. The van der Waals surface area contributed by atoms with E-state index in [-0.39, 0.29) is 5.84 Å². The van der Waals surface area contributed by atoms with Crippen LogP contribution in [0.4, 0.5) is 0 Å². The van der Waals surface area contributed by atoms with Gasteiger partial charge in [0.15, 0.2) is 15.0 Å². The van der Waals surface area contributed by atoms with E-state index in [2.05, 4.69) is 31.3 Å². The molecule has 150 valence electrons. The van der Waals surface area contributed by atoms with Crippen LogP contribution < -0.4 is 11.1 Å². The van der Waals surface area contributed by atoms with Crippen LogP contribution in [-0.4, -0.2) is 21.5 Å². The second-order valence-corrected chi connectivity index (χ2v) is 10.7. The Balaban J connectivity index is 2.08. The van der Waals surface area contributed by atoms with Crippen molar-refractivity contribution in [1.82, 2.24) is 5.32 Å². The standard InChI is InChI=1S/C22H25N5S2/c1-3-28-22(29-4-2)21(14-24)16-11-8-12-17(16)26-18(15-9-6-5-7-10-15)20(21,13-23)19(25)27-22/h5-7,9-10,18,26H,3-4,8,11-12H2,1-2H3,(H2,25,27)/t18-,20+,21-/m1/s1. The largest absolute Gasteiger partial charge is 0.386 e. The maximum absolute atomic E-state index is 10.8. The van der Waals surface area contributed by atoms with Gasteiger partial charge < -0.3 is 11.1 Å². The Labute approximate surface area is 180 Å². The summed E-state index contributed by atoms with van der Waals surface area (Å²) in [5.41, 5.74) is 7.39. The van der Waals surface area contributed by atoms with Crippen LogP contribution in [0.5, 0.6) is 0 Å². The quantitative estimate of drug-likeness (QED) is 0.685. The zero-order valence-corrected chi connectivity index (χ0v) is 18.4. The van der Waals surface area contributed by atoms with Crippen molar-refractivity contribution in [3.8, 4) is 12.1 Å². The van der Waals surface area contributed by atoms with Gasteiger partial charge in [-0.1, -0.05) is 44.2 Å². The van der Waals surface area contributed by atoms with Crippen molar-refractivity contribution in [2.75, 3.05) is 11.5 Å². The maximum Gasteiger partial charge on any atom is 0.178 e. The molecule has 0 bridgehead atoms. The number of hydrogen-bond donors (Lipinski definition) is 2. The average molecular weight is 424 g/mol. The van der Waals surface area contributed by atoms with Crippen molar-refractivity contribution >= 4 is 29.4 Å². The SMILES string of the molecule is CCSC1(SCC)N=C(N)[C@]2(C#N)[C@@H](c3ccccc3)NC3=C(CCC3)[C@@]12C#N. The van der Waals surface area contributed by atoms with Crippen LogP contribution in [0.25, 0.3) is 0 Å². The van der Waals surface area contributed by atoms with E-state index in [4.69, 9.17) is 10.7 Å². The van der Waals surface area contributed by atoms with Gasteiger partial charge in [0.2, 0.25) is 0 Å². The van der Waals surface area contributed by atoms with Crippen molar-refractivity contribution in [2.45, 2.75) is 43.4 Å². The van der Waals surface area contributed by atoms with Crippen molar-refractivity contribution in [1.29, 1.82) is 10.5 Å². The number of aliphatic imine (C=N–C) groups is 1. The smallest absolute Gasteiger partial charge is 0.178 e. The number of nitrogens with one attached hydrogen (secondary N) is 1. The zero-order chi connectivity index (χ0) is 20.7. The van der Waals surface area contributed by atoms with Crippen molar-refractivity contribution in [3.05, 3.63) is 47.2 Å². The minimum atomic E-state index is -1.25. The van der Waals surface area contributed by atoms with Crippen molar-refractivity contribution in [3.63, 3.8) is 0 Å². The number of nitrogens with two attached hydrogens (primary N) is 1. The van der Waals surface area contributed by atoms with E-state index in [9.17, 15) is 10.5 Å². The average Bonchev–Trinajstić information content (AvgIpc) is 3.28. The number of thioether (sulfide) groups is 2. The molecule has 29 heavy (non-hydrogen) atoms. The van der Waals surface area contributed by atoms with E-state index in [1.54, 1.807) is 23.5 Å². The Morgan fingerprint density at radius 3 is 2.41 bits per heavy atom. The molecule has 0 amide bonds. The number of hydrogen-bond acceptors (Lipinski definition) is 7. The fraction of sp³-hybridized carbons (Fsp3) is 0.500. The van der Waals surface area contributed by atoms with Gasteiger partial charge in [0, 0.05) is 5.70 Å². The van der Waals surface area contributed by atoms with Crippen LogP contribution in [0.2, 0.25) is 0 Å². The van der Waals surface area contributed by atoms with E-state index >= 15 is 0 Å². The summed E-state index contributed by atoms with van der Waals surface area (Å²) >= 11 is 3.29. The first kappa shape index (κ1) is 20.2. The molecule has 4 rings (SSSR count). The molecule has 1 aromatic rings. The summed E-state index contributed by atoms with van der Waals surface area (Å²) in [5, 5.41) is 25.2. The van der Waals surface area contributed by atoms with Gasteiger partial charge in [-0.3, -0.25) is 0 Å². The Morgan fingerprint density at radius 1 is 1.14 bits per heavy atom. The first-order valence-electron chi connectivity index (χ1n) is 10.1. The summed E-state index contributed by atoms with van der Waals surface area (Å²) < 4.78 is -0.814. The van der Waals surface area contributed by atoms with Crippen molar-refractivity contribution in [2.24, 2.45) is 21.6 Å². The molecule has 0 radical (unpaired) electrons. The van der Waals surface area contributed by atoms with Gasteiger partial charge >= 0.3 is 0 Å². The van der Waals surface area contributed by atoms with E-state index in [1.807, 2.05) is 30.3 Å². The van der Waals surface area contributed by atoms with Gasteiger partial charge in [0.1, 0.15) is 5.84 Å². The summed E-state index contributed by atoms with van der Waals surface area (Å²) in [4.78, 5) is 4.97. The number of allylic oxidation sites excluding steroid dienone is 1. The minimum Gasteiger partial charge on any atom is -0.386 e. The summed E-state index contributed by atoms with van der Waals surface area (Å²) in [7, 11) is 0. The number of fused-ring (bicyclic) bond motifs is 2. The molecular weight excluding hydrogens is 398 g/mol. The molecule has 1 aliphatic carbocycles. The van der Waals surface area contributed by atoms with Crippen LogP contribution in [0.3, 0.4) is 0 Å². The third kappa shape index (κ3) is 2.38. The van der Waals surface area contributed by atoms with Gasteiger partial charge in [-0.05, 0) is 41.9 Å². The van der Waals surface area contributed by atoms with E-state index in [0.717, 1.165) is 47.6 Å². The molecule has 3 aliphatic rings. The van der Waals surface area contributed by atoms with Crippen molar-refractivity contribution < 1.29 is 0 Å². The molecule has 3 N–H and O–H groups in total. The monoisotopic (exact) mass is 423 g/mol. The van der Waals surface area contributed by atoms with Crippen LogP contribution in [-0.2, 0) is 0 Å². The maximum atomic E-state index is 10.8. The molecule has 2 aliphatic heterocycles. The molecule has 2 heterocycles. The zero-order valence-electron chi connectivity index (χ0n) is 16.7. The molecule has 1 aromatic carbocycles. The predicted molar refractivity (Wildman–Crippen MR) is 120 cm³/mol. The predicted octanol–water partition coefficient (Wildman–Crippen LogP) is 4.32. The highest BCUT2D eigenvalue weighted by molar-refractivity contribution is 8.18. The van der Waals surface area contributed by atoms with Gasteiger partial charge in [-0.25, -0.2) is 4.99 Å². The van der Waals surface area contributed by atoms with Gasteiger partial charge in [-0.15, -0.1) is 23.5 Å². The Morgan fingerprint density at radius 2 is 1.83 bits per heavy atom. The number of nitrogens with zero attached hydrogens (tertiary/aromatic N) is 3. The second-order valence-electron chi connectivity index (χ2n) is 7.53. The summed E-state index contributed by atoms with van der Waals surface area (Å²) in [5.74, 6) is 1.87. The second kappa shape index (κ2) is 7.31. The Hall–Kier alpha value is -2.09. The fourth-order valence-electron chi connectivity index (χ4n) is 5.29. The molecule has 3 atom stereocenters. The molecule has 7 heteroatoms. The van der Waals surface area contributed by atoms with Crippen LogP contribution in [0, 0.1) is 33.5 Å². The highest BCUT2D eigenvalue weighted by atomic mass is 32.2. The Kier molecular flexibility index (Phi) is 5.09. The lowest BCUT2D eigenvalue weighted by Gasteiger charge is -2.52. The number of benzene rings is 1. The topological polar surface area (TPSA) is 98.0 Å². The first-order chi connectivity index (χ1) is 14.1. The number of amidine groups is 1. The van der Waals surface area contributed by atoms with E-state index < -0.39 is 21.1 Å². The minimum absolute atomic E-state index is 0.281. The van der Waals surface area contributed by atoms with Crippen LogP contribution in [0.1, 0.15) is 44.7 Å². The third-order valence-electron chi connectivity index (χ3n) is 6.32. The summed E-state index contributed by atoms with van der Waals surface area (Å²) in [6.45, 7) is 4.15. The third-order valence-corrected chi connectivity index (χ3v) is 9.18. The molecule has 0 fully saturated rings. The normalized spacial score (nSPS) is 31.9. The molecule has 5 nitrogen and oxygen atoms in total. The molecule has 0 aromatic heterocycles. The molecule has 0 saturated heterocycles. The van der Waals surface area contributed by atoms with Gasteiger partial charge in [-0.2, -0.15) is 10.5 Å². The molecule has 0 unspecified atom stereocenters. The molecule has 0 saturated carbocycles. The Bertz CT molecular complexity index is 952. The van der Waals surface area contributed by atoms with E-state index in [1.165, 1.54) is 0 Å². The lowest BCUT2D eigenvalue weighted by molar-refractivity contribution is 0.200. The summed E-state index contributed by atoms with van der Waals surface area (Å²) in [6.07, 6.45) is 2.68. The highest BCUT2D eigenvalue weighted by Crippen LogP contribution is 2.72. The molecular formula is C22H25N5S2. The lowest BCUT2D eigenvalue weighted by Crippen LogP contribution is -2.61. The van der Waals surface area contributed by atoms with Gasteiger partial charge in [0.25, 0.3) is 0 Å². The fourth-order valence-corrected chi connectivity index (χ4v) is 8.53. The lowest BCUT2D eigenvalue weighted by atomic mass is 9.55. The number of rotatable bonds is 5. The molecule has 0 spiro atoms. The van der Waals surface area contributed by atoms with Crippen LogP contribution >= 0.6 is 23.5 Å². The number of nitriles is 2. The van der Waals surface area contributed by atoms with Gasteiger partial charge in [0.05, 0.1) is 18.2 Å². The highest BCUT2D eigenvalue weighted by Gasteiger charge is 2.77. The summed E-state index contributed by atoms with van der Waals surface area (Å²) in [6, 6.07) is 14.7. The van der Waals surface area contributed by atoms with Crippen LogP contribution in [0.15, 0.2) is 46.6 Å². The van der Waals surface area contributed by atoms with E-state index in [0.29, 0.717) is 0 Å².